The summed E-state index contributed by atoms with van der Waals surface area (Å²) in [4.78, 5) is 24.4. The maximum absolute atomic E-state index is 11.9. The number of rotatable bonds is 3. The van der Waals surface area contributed by atoms with Gasteiger partial charge in [-0.3, -0.25) is 4.79 Å². The summed E-state index contributed by atoms with van der Waals surface area (Å²) in [7, 11) is 0. The summed E-state index contributed by atoms with van der Waals surface area (Å²) in [5.41, 5.74) is 6.59. The van der Waals surface area contributed by atoms with Crippen LogP contribution in [0.15, 0.2) is 30.7 Å². The Labute approximate surface area is 150 Å². The van der Waals surface area contributed by atoms with Gasteiger partial charge in [0.05, 0.1) is 16.1 Å². The minimum absolute atomic E-state index is 0.354. The van der Waals surface area contributed by atoms with E-state index in [4.69, 9.17) is 17.3 Å². The van der Waals surface area contributed by atoms with E-state index in [1.54, 1.807) is 12.1 Å². The van der Waals surface area contributed by atoms with Crippen LogP contribution in [0.4, 0.5) is 5.82 Å². The molecule has 0 bridgehead atoms. The van der Waals surface area contributed by atoms with E-state index in [2.05, 4.69) is 16.0 Å². The maximum atomic E-state index is 11.9. The third-order valence-electron chi connectivity index (χ3n) is 4.21. The number of carbonyl (C=O) groups is 1. The number of primary amides is 1. The molecular weight excluding hydrogens is 340 g/mol. The number of piperazine rings is 1. The molecule has 1 aromatic carbocycles. The first kappa shape index (κ1) is 17.0. The lowest BCUT2D eigenvalue weighted by molar-refractivity contribution is -0.122. The van der Waals surface area contributed by atoms with Gasteiger partial charge in [-0.15, -0.1) is 0 Å². The van der Waals surface area contributed by atoms with Gasteiger partial charge in [0.15, 0.2) is 0 Å². The average molecular weight is 357 g/mol. The first-order valence-electron chi connectivity index (χ1n) is 7.82. The van der Waals surface area contributed by atoms with Crippen LogP contribution in [0, 0.1) is 11.3 Å². The first-order valence-corrected chi connectivity index (χ1v) is 8.20. The standard InChI is InChI=1S/C17H17ClN6O/c1-2-3-23-4-5-24(9-15(23)16(20)25)17-12-6-11(8-19)13(18)7-14(12)21-10-22-17/h2-3,6-7,10,15H,4-5,9H2,1H3,(H2,20,25). The van der Waals surface area contributed by atoms with Crippen LogP contribution in [0.2, 0.25) is 5.02 Å². The highest BCUT2D eigenvalue weighted by Gasteiger charge is 2.30. The molecule has 1 aromatic heterocycles. The number of anilines is 1. The highest BCUT2D eigenvalue weighted by atomic mass is 35.5. The molecule has 2 heterocycles. The van der Waals surface area contributed by atoms with E-state index in [0.29, 0.717) is 41.6 Å². The zero-order valence-corrected chi connectivity index (χ0v) is 14.4. The van der Waals surface area contributed by atoms with Crippen LogP contribution >= 0.6 is 11.6 Å². The van der Waals surface area contributed by atoms with Gasteiger partial charge in [-0.1, -0.05) is 17.7 Å². The molecule has 8 heteroatoms. The van der Waals surface area contributed by atoms with Gasteiger partial charge in [-0.25, -0.2) is 9.97 Å². The van der Waals surface area contributed by atoms with Gasteiger partial charge in [-0.05, 0) is 25.3 Å². The molecule has 0 radical (unpaired) electrons. The molecule has 3 rings (SSSR count). The summed E-state index contributed by atoms with van der Waals surface area (Å²) in [5, 5.41) is 10.3. The molecule has 128 valence electrons. The molecule has 1 aliphatic rings. The van der Waals surface area contributed by atoms with Crippen molar-refractivity contribution in [3.05, 3.63) is 41.3 Å². The summed E-state index contributed by atoms with van der Waals surface area (Å²) in [6.45, 7) is 3.62. The third kappa shape index (κ3) is 3.21. The number of hydrogen-bond acceptors (Lipinski definition) is 6. The van der Waals surface area contributed by atoms with Crippen LogP contribution < -0.4 is 10.6 Å². The van der Waals surface area contributed by atoms with Gasteiger partial charge in [0.25, 0.3) is 0 Å². The van der Waals surface area contributed by atoms with Crippen molar-refractivity contribution in [1.82, 2.24) is 14.9 Å². The van der Waals surface area contributed by atoms with Crippen LogP contribution in [0.3, 0.4) is 0 Å². The number of fused-ring (bicyclic) bond motifs is 1. The zero-order chi connectivity index (χ0) is 18.0. The lowest BCUT2D eigenvalue weighted by Gasteiger charge is -2.40. The number of hydrogen-bond donors (Lipinski definition) is 1. The minimum atomic E-state index is -0.447. The number of nitriles is 1. The maximum Gasteiger partial charge on any atom is 0.241 e. The van der Waals surface area contributed by atoms with Gasteiger partial charge in [0.2, 0.25) is 5.91 Å². The number of benzene rings is 1. The van der Waals surface area contributed by atoms with Crippen LogP contribution in [-0.4, -0.2) is 46.5 Å². The molecule has 2 N–H and O–H groups in total. The molecule has 0 saturated carbocycles. The number of nitrogens with two attached hydrogens (primary N) is 1. The number of amides is 1. The predicted molar refractivity (Wildman–Crippen MR) is 96.0 cm³/mol. The molecule has 0 spiro atoms. The van der Waals surface area contributed by atoms with E-state index >= 15 is 0 Å². The van der Waals surface area contributed by atoms with E-state index in [-0.39, 0.29) is 5.91 Å². The van der Waals surface area contributed by atoms with Crippen molar-refractivity contribution in [1.29, 1.82) is 5.26 Å². The Balaban J connectivity index is 2.02. The lowest BCUT2D eigenvalue weighted by atomic mass is 10.1. The average Bonchev–Trinajstić information content (AvgIpc) is 2.61. The van der Waals surface area contributed by atoms with Gasteiger partial charge >= 0.3 is 0 Å². The number of nitrogens with zero attached hydrogens (tertiary/aromatic N) is 5. The summed E-state index contributed by atoms with van der Waals surface area (Å²) < 4.78 is 0. The van der Waals surface area contributed by atoms with E-state index in [0.717, 1.165) is 5.39 Å². The smallest absolute Gasteiger partial charge is 0.241 e. The Morgan fingerprint density at radius 3 is 2.92 bits per heavy atom. The normalized spacial score (nSPS) is 17.9. The van der Waals surface area contributed by atoms with Crippen LogP contribution in [-0.2, 0) is 4.79 Å². The van der Waals surface area contributed by atoms with E-state index in [9.17, 15) is 10.1 Å². The van der Waals surface area contributed by atoms with Crippen LogP contribution in [0.1, 0.15) is 12.5 Å². The minimum Gasteiger partial charge on any atom is -0.368 e. The molecule has 1 amide bonds. The van der Waals surface area contributed by atoms with Gasteiger partial charge in [0.1, 0.15) is 24.3 Å². The highest BCUT2D eigenvalue weighted by molar-refractivity contribution is 6.32. The summed E-state index contributed by atoms with van der Waals surface area (Å²) in [5.74, 6) is 0.284. The largest absolute Gasteiger partial charge is 0.368 e. The fraction of sp³-hybridized carbons (Fsp3) is 0.294. The lowest BCUT2D eigenvalue weighted by Crippen LogP contribution is -2.56. The van der Waals surface area contributed by atoms with Crippen molar-refractivity contribution in [3.63, 3.8) is 0 Å². The molecule has 1 atom stereocenters. The fourth-order valence-corrected chi connectivity index (χ4v) is 3.21. The van der Waals surface area contributed by atoms with Crippen LogP contribution in [0.25, 0.3) is 10.9 Å². The van der Waals surface area contributed by atoms with Crippen molar-refractivity contribution in [3.8, 4) is 6.07 Å². The molecule has 1 fully saturated rings. The molecule has 0 aliphatic carbocycles. The van der Waals surface area contributed by atoms with Crippen molar-refractivity contribution in [2.75, 3.05) is 24.5 Å². The van der Waals surface area contributed by atoms with Gasteiger partial charge < -0.3 is 15.5 Å². The van der Waals surface area contributed by atoms with Crippen molar-refractivity contribution in [2.24, 2.45) is 5.73 Å². The SMILES string of the molecule is CC=CN1CCN(c2ncnc3cc(Cl)c(C#N)cc23)CC1C(N)=O. The Kier molecular flexibility index (Phi) is 4.72. The molecule has 1 unspecified atom stereocenters. The van der Waals surface area contributed by atoms with Crippen molar-refractivity contribution in [2.45, 2.75) is 13.0 Å². The summed E-state index contributed by atoms with van der Waals surface area (Å²) >= 11 is 6.09. The number of halogens is 1. The van der Waals surface area contributed by atoms with Crippen molar-refractivity contribution < 1.29 is 4.79 Å². The van der Waals surface area contributed by atoms with Gasteiger partial charge in [-0.2, -0.15) is 5.26 Å². The molecule has 25 heavy (non-hydrogen) atoms. The Hall–Kier alpha value is -2.85. The number of aromatic nitrogens is 2. The second-order valence-electron chi connectivity index (χ2n) is 5.74. The van der Waals surface area contributed by atoms with Crippen LogP contribution in [0.5, 0.6) is 0 Å². The number of allylic oxidation sites excluding steroid dienone is 1. The topological polar surface area (TPSA) is 99.1 Å². The second-order valence-corrected chi connectivity index (χ2v) is 6.15. The fourth-order valence-electron chi connectivity index (χ4n) is 3.01. The monoisotopic (exact) mass is 356 g/mol. The van der Waals surface area contributed by atoms with E-state index in [1.165, 1.54) is 6.33 Å². The van der Waals surface area contributed by atoms with Gasteiger partial charge in [0, 0.05) is 25.0 Å². The highest BCUT2D eigenvalue weighted by Crippen LogP contribution is 2.29. The third-order valence-corrected chi connectivity index (χ3v) is 4.53. The predicted octanol–water partition coefficient (Wildman–Crippen LogP) is 1.66. The molecule has 7 nitrogen and oxygen atoms in total. The first-order chi connectivity index (χ1) is 12.0. The Morgan fingerprint density at radius 1 is 1.44 bits per heavy atom. The summed E-state index contributed by atoms with van der Waals surface area (Å²) in [6.07, 6.45) is 5.21. The van der Waals surface area contributed by atoms with E-state index < -0.39 is 6.04 Å². The quantitative estimate of drug-likeness (QED) is 0.897. The van der Waals surface area contributed by atoms with E-state index in [1.807, 2.05) is 29.0 Å². The number of carbonyl (C=O) groups excluding carboxylic acids is 1. The zero-order valence-electron chi connectivity index (χ0n) is 13.7. The Morgan fingerprint density at radius 2 is 2.24 bits per heavy atom. The molecule has 2 aromatic rings. The molecular formula is C17H17ClN6O. The Bertz CT molecular complexity index is 891. The summed E-state index contributed by atoms with van der Waals surface area (Å²) in [6, 6.07) is 4.96. The molecule has 1 aliphatic heterocycles. The van der Waals surface area contributed by atoms with Crippen molar-refractivity contribution >= 4 is 34.2 Å². The second kappa shape index (κ2) is 6.95. The molecule has 1 saturated heterocycles.